The van der Waals surface area contributed by atoms with E-state index in [1.807, 2.05) is 0 Å². The average molecular weight is 1020 g/mol. The normalized spacial score (nSPS) is 12.5. The van der Waals surface area contributed by atoms with E-state index in [2.05, 4.69) is 41.5 Å². The van der Waals surface area contributed by atoms with E-state index in [1.165, 1.54) is 250 Å². The number of carbonyl (C=O) groups excluding carboxylic acids is 3. The Hall–Kier alpha value is -1.59. The highest BCUT2D eigenvalue weighted by atomic mass is 16.6. The minimum atomic E-state index is -0.765. The van der Waals surface area contributed by atoms with Gasteiger partial charge < -0.3 is 14.2 Å². The van der Waals surface area contributed by atoms with Crippen LogP contribution >= 0.6 is 0 Å². The van der Waals surface area contributed by atoms with E-state index in [1.54, 1.807) is 0 Å². The number of carbonyl (C=O) groups is 3. The molecule has 0 aliphatic rings. The molecule has 6 heteroatoms. The molecule has 428 valence electrons. The lowest BCUT2D eigenvalue weighted by molar-refractivity contribution is -0.167. The molecule has 6 nitrogen and oxygen atoms in total. The van der Waals surface area contributed by atoms with Crippen molar-refractivity contribution in [2.45, 2.75) is 375 Å². The van der Waals surface area contributed by atoms with Crippen molar-refractivity contribution in [3.8, 4) is 0 Å². The first kappa shape index (κ1) is 70.4. The van der Waals surface area contributed by atoms with Gasteiger partial charge in [0.05, 0.1) is 0 Å². The zero-order chi connectivity index (χ0) is 52.6. The summed E-state index contributed by atoms with van der Waals surface area (Å²) in [6, 6.07) is 0. The lowest BCUT2D eigenvalue weighted by Crippen LogP contribution is -2.30. The van der Waals surface area contributed by atoms with E-state index in [4.69, 9.17) is 14.2 Å². The summed E-state index contributed by atoms with van der Waals surface area (Å²) in [7, 11) is 0. The van der Waals surface area contributed by atoms with Crippen LogP contribution in [0.15, 0.2) is 0 Å². The van der Waals surface area contributed by atoms with Gasteiger partial charge in [0.1, 0.15) is 13.2 Å². The van der Waals surface area contributed by atoms with Crippen LogP contribution in [0.25, 0.3) is 0 Å². The van der Waals surface area contributed by atoms with Gasteiger partial charge in [-0.25, -0.2) is 0 Å². The van der Waals surface area contributed by atoms with Crippen LogP contribution in [0, 0.1) is 17.8 Å². The topological polar surface area (TPSA) is 78.9 Å². The number of rotatable bonds is 59. The second kappa shape index (κ2) is 57.1. The lowest BCUT2D eigenvalue weighted by atomic mass is 9.99. The maximum Gasteiger partial charge on any atom is 0.306 e. The van der Waals surface area contributed by atoms with E-state index in [0.717, 1.165) is 75.5 Å². The average Bonchev–Trinajstić information content (AvgIpc) is 3.36. The zero-order valence-corrected chi connectivity index (χ0v) is 49.7. The highest BCUT2D eigenvalue weighted by Crippen LogP contribution is 2.20. The number of ether oxygens (including phenoxy) is 3. The number of hydrogen-bond donors (Lipinski definition) is 0. The molecule has 0 saturated carbocycles. The Labute approximate surface area is 450 Å². The first-order valence-corrected chi connectivity index (χ1v) is 32.6. The van der Waals surface area contributed by atoms with Crippen molar-refractivity contribution in [2.75, 3.05) is 13.2 Å². The van der Waals surface area contributed by atoms with Crippen LogP contribution in [0.2, 0.25) is 0 Å². The Bertz CT molecular complexity index is 1120. The Morgan fingerprint density at radius 3 is 0.722 bits per heavy atom. The van der Waals surface area contributed by atoms with E-state index in [9.17, 15) is 14.4 Å². The van der Waals surface area contributed by atoms with Gasteiger partial charge in [0.2, 0.25) is 0 Å². The Morgan fingerprint density at radius 2 is 0.486 bits per heavy atom. The highest BCUT2D eigenvalue weighted by molar-refractivity contribution is 5.71. The summed E-state index contributed by atoms with van der Waals surface area (Å²) in [6.45, 7) is 13.8. The molecule has 2 atom stereocenters. The molecular formula is C66H128O6. The third kappa shape index (κ3) is 57.7. The van der Waals surface area contributed by atoms with Gasteiger partial charge in [-0.05, 0) is 37.0 Å². The van der Waals surface area contributed by atoms with Crippen molar-refractivity contribution in [1.82, 2.24) is 0 Å². The molecule has 0 aromatic heterocycles. The first-order chi connectivity index (χ1) is 35.1. The third-order valence-electron chi connectivity index (χ3n) is 15.5. The predicted octanol–water partition coefficient (Wildman–Crippen LogP) is 21.8. The van der Waals surface area contributed by atoms with Crippen molar-refractivity contribution in [3.05, 3.63) is 0 Å². The molecule has 0 radical (unpaired) electrons. The largest absolute Gasteiger partial charge is 0.462 e. The van der Waals surface area contributed by atoms with Crippen molar-refractivity contribution < 1.29 is 28.6 Å². The van der Waals surface area contributed by atoms with Crippen LogP contribution in [0.3, 0.4) is 0 Å². The zero-order valence-electron chi connectivity index (χ0n) is 49.7. The molecule has 0 heterocycles. The molecule has 0 bridgehead atoms. The molecular weight excluding hydrogens is 889 g/mol. The summed E-state index contributed by atoms with van der Waals surface area (Å²) in [6.07, 6.45) is 62.6. The standard InChI is InChI=1S/C66H128O6/c1-7-62(6)54-48-42-36-29-25-21-17-13-9-11-15-19-23-27-31-39-45-51-57-66(69)72-63(59-71-65(68)56-50-44-38-33-32-35-41-47-53-61(4)5)58-70-64(67)55-49-43-37-30-26-22-18-14-10-8-12-16-20-24-28-34-40-46-52-60(2)3/h60-63H,7-59H2,1-6H3/t62?,63-/m1/s1. The van der Waals surface area contributed by atoms with Gasteiger partial charge >= 0.3 is 17.9 Å². The predicted molar refractivity (Wildman–Crippen MR) is 312 cm³/mol. The van der Waals surface area contributed by atoms with Crippen molar-refractivity contribution in [2.24, 2.45) is 17.8 Å². The van der Waals surface area contributed by atoms with E-state index >= 15 is 0 Å². The first-order valence-electron chi connectivity index (χ1n) is 32.6. The van der Waals surface area contributed by atoms with Crippen LogP contribution in [-0.2, 0) is 28.6 Å². The molecule has 1 unspecified atom stereocenters. The van der Waals surface area contributed by atoms with E-state index < -0.39 is 6.10 Å². The fourth-order valence-electron chi connectivity index (χ4n) is 10.2. The van der Waals surface area contributed by atoms with Crippen LogP contribution in [-0.4, -0.2) is 37.2 Å². The van der Waals surface area contributed by atoms with Gasteiger partial charge in [-0.1, -0.05) is 330 Å². The Morgan fingerprint density at radius 1 is 0.278 bits per heavy atom. The quantitative estimate of drug-likeness (QED) is 0.0343. The molecule has 72 heavy (non-hydrogen) atoms. The van der Waals surface area contributed by atoms with Gasteiger partial charge in [0.25, 0.3) is 0 Å². The summed E-state index contributed by atoms with van der Waals surface area (Å²) >= 11 is 0. The van der Waals surface area contributed by atoms with Gasteiger partial charge in [-0.15, -0.1) is 0 Å². The summed E-state index contributed by atoms with van der Waals surface area (Å²) in [5, 5.41) is 0. The van der Waals surface area contributed by atoms with Crippen molar-refractivity contribution >= 4 is 17.9 Å². The molecule has 0 aromatic rings. The maximum absolute atomic E-state index is 12.9. The fraction of sp³-hybridized carbons (Fsp3) is 0.955. The minimum absolute atomic E-state index is 0.0630. The van der Waals surface area contributed by atoms with Gasteiger partial charge in [-0.2, -0.15) is 0 Å². The summed E-state index contributed by atoms with van der Waals surface area (Å²) in [4.78, 5) is 38.3. The van der Waals surface area contributed by atoms with Gasteiger partial charge in [-0.3, -0.25) is 14.4 Å². The number of hydrogen-bond acceptors (Lipinski definition) is 6. The second-order valence-electron chi connectivity index (χ2n) is 24.0. The van der Waals surface area contributed by atoms with Gasteiger partial charge in [0.15, 0.2) is 6.10 Å². The fourth-order valence-corrected chi connectivity index (χ4v) is 10.2. The smallest absolute Gasteiger partial charge is 0.306 e. The van der Waals surface area contributed by atoms with Gasteiger partial charge in [0, 0.05) is 19.3 Å². The summed E-state index contributed by atoms with van der Waals surface area (Å²) in [5.74, 6) is 1.73. The van der Waals surface area contributed by atoms with Crippen LogP contribution in [0.1, 0.15) is 369 Å². The van der Waals surface area contributed by atoms with Crippen LogP contribution < -0.4 is 0 Å². The summed E-state index contributed by atoms with van der Waals surface area (Å²) < 4.78 is 16.9. The number of unbranched alkanes of at least 4 members (excludes halogenated alkanes) is 41. The number of esters is 3. The molecule has 0 aromatic carbocycles. The van der Waals surface area contributed by atoms with Crippen LogP contribution in [0.5, 0.6) is 0 Å². The molecule has 0 saturated heterocycles. The second-order valence-corrected chi connectivity index (χ2v) is 24.0. The van der Waals surface area contributed by atoms with Crippen LogP contribution in [0.4, 0.5) is 0 Å². The molecule has 0 aliphatic heterocycles. The van der Waals surface area contributed by atoms with E-state index in [-0.39, 0.29) is 31.1 Å². The van der Waals surface area contributed by atoms with Crippen molar-refractivity contribution in [3.63, 3.8) is 0 Å². The Kier molecular flexibility index (Phi) is 55.9. The monoisotopic (exact) mass is 1020 g/mol. The molecule has 0 N–H and O–H groups in total. The molecule has 0 spiro atoms. The Balaban J connectivity index is 4.20. The molecule has 0 rings (SSSR count). The maximum atomic E-state index is 12.9. The lowest BCUT2D eigenvalue weighted by Gasteiger charge is -2.18. The minimum Gasteiger partial charge on any atom is -0.462 e. The molecule has 0 amide bonds. The van der Waals surface area contributed by atoms with E-state index in [0.29, 0.717) is 19.3 Å². The van der Waals surface area contributed by atoms with Crippen molar-refractivity contribution in [1.29, 1.82) is 0 Å². The SMILES string of the molecule is CCC(C)CCCCCCCCCCCCCCCCCCCCC(=O)O[C@H](COC(=O)CCCCCCCCCCCCCCCCCCCCC(C)C)COC(=O)CCCCCCCCCCC(C)C. The third-order valence-corrected chi connectivity index (χ3v) is 15.5. The molecule has 0 aliphatic carbocycles. The highest BCUT2D eigenvalue weighted by Gasteiger charge is 2.19. The summed E-state index contributed by atoms with van der Waals surface area (Å²) in [5.41, 5.74) is 0. The molecule has 0 fully saturated rings.